The van der Waals surface area contributed by atoms with Gasteiger partial charge < -0.3 is 25.6 Å². The van der Waals surface area contributed by atoms with Gasteiger partial charge in [0.15, 0.2) is 5.96 Å². The van der Waals surface area contributed by atoms with Crippen molar-refractivity contribution in [2.24, 2.45) is 10.7 Å². The van der Waals surface area contributed by atoms with Crippen LogP contribution in [0, 0.1) is 0 Å². The third kappa shape index (κ3) is 6.76. The summed E-state index contributed by atoms with van der Waals surface area (Å²) >= 11 is 0. The van der Waals surface area contributed by atoms with Crippen LogP contribution in [0.5, 0.6) is 0 Å². The van der Waals surface area contributed by atoms with E-state index in [9.17, 15) is 9.59 Å². The second-order valence-electron chi connectivity index (χ2n) is 7.19. The molecule has 148 valence electrons. The number of carbonyl (C=O) groups is 2. The molecule has 9 nitrogen and oxygen atoms in total. The van der Waals surface area contributed by atoms with Crippen molar-refractivity contribution < 1.29 is 14.3 Å². The molecule has 0 radical (unpaired) electrons. The zero-order valence-electron chi connectivity index (χ0n) is 16.1. The van der Waals surface area contributed by atoms with Gasteiger partial charge in [0.1, 0.15) is 5.60 Å². The molecule has 3 N–H and O–H groups in total. The number of aromatic nitrogens is 1. The lowest BCUT2D eigenvalue weighted by atomic mass is 10.2. The molecule has 0 aromatic carbocycles. The quantitative estimate of drug-likeness (QED) is 0.454. The smallest absolute Gasteiger partial charge is 0.410 e. The summed E-state index contributed by atoms with van der Waals surface area (Å²) in [5.41, 5.74) is 6.02. The van der Waals surface area contributed by atoms with Crippen LogP contribution >= 0.6 is 0 Å². The van der Waals surface area contributed by atoms with Crippen LogP contribution in [-0.4, -0.2) is 77.6 Å². The van der Waals surface area contributed by atoms with Crippen LogP contribution in [-0.2, 0) is 4.74 Å². The molecule has 0 spiro atoms. The van der Waals surface area contributed by atoms with E-state index in [0.717, 1.165) is 0 Å². The number of nitrogens with zero attached hydrogens (tertiary/aromatic N) is 4. The van der Waals surface area contributed by atoms with Crippen LogP contribution in [0.15, 0.2) is 29.5 Å². The minimum Gasteiger partial charge on any atom is -0.444 e. The molecule has 2 amide bonds. The van der Waals surface area contributed by atoms with E-state index in [0.29, 0.717) is 50.8 Å². The molecule has 1 aromatic rings. The highest BCUT2D eigenvalue weighted by Gasteiger charge is 2.26. The normalized spacial score (nSPS) is 15.4. The third-order valence-corrected chi connectivity index (χ3v) is 3.85. The first-order valence-corrected chi connectivity index (χ1v) is 8.97. The number of nitrogens with one attached hydrogen (secondary N) is 1. The highest BCUT2D eigenvalue weighted by Crippen LogP contribution is 2.11. The summed E-state index contributed by atoms with van der Waals surface area (Å²) in [4.78, 5) is 35.8. The molecule has 1 saturated heterocycles. The van der Waals surface area contributed by atoms with Gasteiger partial charge in [-0.1, -0.05) is 0 Å². The summed E-state index contributed by atoms with van der Waals surface area (Å²) in [6.07, 6.45) is 2.82. The Hall–Kier alpha value is -2.84. The molecule has 0 saturated carbocycles. The van der Waals surface area contributed by atoms with E-state index in [-0.39, 0.29) is 12.0 Å². The number of nitrogens with two attached hydrogens (primary N) is 1. The zero-order chi connectivity index (χ0) is 19.9. The van der Waals surface area contributed by atoms with E-state index >= 15 is 0 Å². The Labute approximate surface area is 159 Å². The second kappa shape index (κ2) is 9.20. The molecule has 9 heteroatoms. The SMILES string of the molecule is CC(C)(C)OC(=O)N1CCN(C(N)=NCCNC(=O)c2cccnc2)CC1. The Morgan fingerprint density at radius 2 is 1.93 bits per heavy atom. The Morgan fingerprint density at radius 1 is 1.26 bits per heavy atom. The Bertz CT molecular complexity index is 663. The van der Waals surface area contributed by atoms with Crippen molar-refractivity contribution >= 4 is 18.0 Å². The van der Waals surface area contributed by atoms with E-state index in [1.54, 1.807) is 23.2 Å². The maximum absolute atomic E-state index is 12.1. The molecule has 1 aliphatic heterocycles. The van der Waals surface area contributed by atoms with Gasteiger partial charge in [0, 0.05) is 45.1 Å². The molecule has 0 aliphatic carbocycles. The van der Waals surface area contributed by atoms with E-state index < -0.39 is 5.60 Å². The fourth-order valence-electron chi connectivity index (χ4n) is 2.48. The lowest BCUT2D eigenvalue weighted by Crippen LogP contribution is -2.53. The average Bonchev–Trinajstić information content (AvgIpc) is 2.64. The van der Waals surface area contributed by atoms with Crippen molar-refractivity contribution in [3.63, 3.8) is 0 Å². The average molecular weight is 376 g/mol. The second-order valence-corrected chi connectivity index (χ2v) is 7.19. The summed E-state index contributed by atoms with van der Waals surface area (Å²) in [5.74, 6) is 0.220. The molecule has 0 bridgehead atoms. The predicted octanol–water partition coefficient (Wildman–Crippen LogP) is 0.679. The molecule has 2 rings (SSSR count). The lowest BCUT2D eigenvalue weighted by Gasteiger charge is -2.36. The molecular formula is C18H28N6O3. The number of ether oxygens (including phenoxy) is 1. The fourth-order valence-corrected chi connectivity index (χ4v) is 2.48. The van der Waals surface area contributed by atoms with Crippen molar-refractivity contribution in [2.75, 3.05) is 39.3 Å². The maximum atomic E-state index is 12.1. The number of piperazine rings is 1. The minimum absolute atomic E-state index is 0.192. The van der Waals surface area contributed by atoms with Gasteiger partial charge in [0.2, 0.25) is 0 Å². The minimum atomic E-state index is -0.505. The Kier molecular flexibility index (Phi) is 6.98. The molecule has 27 heavy (non-hydrogen) atoms. The first kappa shape index (κ1) is 20.5. The number of aliphatic imine (C=N–C) groups is 1. The molecule has 1 aliphatic rings. The van der Waals surface area contributed by atoms with Crippen molar-refractivity contribution in [1.82, 2.24) is 20.1 Å². The van der Waals surface area contributed by atoms with Crippen LogP contribution in [0.4, 0.5) is 4.79 Å². The number of guanidine groups is 1. The van der Waals surface area contributed by atoms with Gasteiger partial charge in [-0.15, -0.1) is 0 Å². The van der Waals surface area contributed by atoms with Crippen LogP contribution < -0.4 is 11.1 Å². The number of hydrogen-bond donors (Lipinski definition) is 2. The highest BCUT2D eigenvalue weighted by molar-refractivity contribution is 5.93. The standard InChI is InChI=1S/C18H28N6O3/c1-18(2,3)27-17(26)24-11-9-23(10-12-24)16(19)22-8-7-21-15(25)14-5-4-6-20-13-14/h4-6,13H,7-12H2,1-3H3,(H2,19,22)(H,21,25). The highest BCUT2D eigenvalue weighted by atomic mass is 16.6. The maximum Gasteiger partial charge on any atom is 0.410 e. The third-order valence-electron chi connectivity index (χ3n) is 3.85. The number of hydrogen-bond acceptors (Lipinski definition) is 5. The monoisotopic (exact) mass is 376 g/mol. The van der Waals surface area contributed by atoms with Gasteiger partial charge in [0.25, 0.3) is 5.91 Å². The number of carbonyl (C=O) groups excluding carboxylic acids is 2. The molecule has 1 aromatic heterocycles. The van der Waals surface area contributed by atoms with Crippen molar-refractivity contribution in [3.05, 3.63) is 30.1 Å². The van der Waals surface area contributed by atoms with Crippen LogP contribution in [0.25, 0.3) is 0 Å². The van der Waals surface area contributed by atoms with E-state index in [2.05, 4.69) is 15.3 Å². The molecular weight excluding hydrogens is 348 g/mol. The number of rotatable bonds is 4. The topological polar surface area (TPSA) is 113 Å². The summed E-state index contributed by atoms with van der Waals surface area (Å²) in [5, 5.41) is 2.77. The lowest BCUT2D eigenvalue weighted by molar-refractivity contribution is 0.0186. The van der Waals surface area contributed by atoms with E-state index in [1.807, 2.05) is 25.7 Å². The molecule has 1 fully saturated rings. The van der Waals surface area contributed by atoms with Crippen LogP contribution in [0.1, 0.15) is 31.1 Å². The van der Waals surface area contributed by atoms with Crippen molar-refractivity contribution in [1.29, 1.82) is 0 Å². The zero-order valence-corrected chi connectivity index (χ0v) is 16.1. The Morgan fingerprint density at radius 3 is 2.52 bits per heavy atom. The molecule has 0 atom stereocenters. The summed E-state index contributed by atoms with van der Waals surface area (Å²) in [6.45, 7) is 8.55. The van der Waals surface area contributed by atoms with Gasteiger partial charge in [-0.25, -0.2) is 4.79 Å². The van der Waals surface area contributed by atoms with Crippen molar-refractivity contribution in [3.8, 4) is 0 Å². The summed E-state index contributed by atoms with van der Waals surface area (Å²) in [6, 6.07) is 3.41. The number of pyridine rings is 1. The summed E-state index contributed by atoms with van der Waals surface area (Å²) in [7, 11) is 0. The van der Waals surface area contributed by atoms with Gasteiger partial charge >= 0.3 is 6.09 Å². The van der Waals surface area contributed by atoms with Gasteiger partial charge in [-0.2, -0.15) is 0 Å². The van der Waals surface area contributed by atoms with E-state index in [4.69, 9.17) is 10.5 Å². The molecule has 0 unspecified atom stereocenters. The van der Waals surface area contributed by atoms with Gasteiger partial charge in [0.05, 0.1) is 12.1 Å². The summed E-state index contributed by atoms with van der Waals surface area (Å²) < 4.78 is 5.37. The van der Waals surface area contributed by atoms with E-state index in [1.165, 1.54) is 6.20 Å². The van der Waals surface area contributed by atoms with Crippen LogP contribution in [0.2, 0.25) is 0 Å². The molecule has 2 heterocycles. The number of amides is 2. The van der Waals surface area contributed by atoms with Crippen molar-refractivity contribution in [2.45, 2.75) is 26.4 Å². The first-order valence-electron chi connectivity index (χ1n) is 8.97. The Balaban J connectivity index is 1.71. The largest absolute Gasteiger partial charge is 0.444 e. The fraction of sp³-hybridized carbons (Fsp3) is 0.556. The van der Waals surface area contributed by atoms with Gasteiger partial charge in [-0.3, -0.25) is 14.8 Å². The van der Waals surface area contributed by atoms with Gasteiger partial charge in [-0.05, 0) is 32.9 Å². The van der Waals surface area contributed by atoms with Crippen LogP contribution in [0.3, 0.4) is 0 Å². The first-order chi connectivity index (χ1) is 12.8. The predicted molar refractivity (Wildman–Crippen MR) is 102 cm³/mol.